The van der Waals surface area contributed by atoms with Crippen LogP contribution in [0.25, 0.3) is 0 Å². The van der Waals surface area contributed by atoms with Crippen molar-refractivity contribution in [3.05, 3.63) is 35.1 Å². The van der Waals surface area contributed by atoms with Gasteiger partial charge < -0.3 is 5.32 Å². The molecule has 2 rings (SSSR count). The zero-order chi connectivity index (χ0) is 14.7. The fourth-order valence-electron chi connectivity index (χ4n) is 2.86. The van der Waals surface area contributed by atoms with Gasteiger partial charge in [0.25, 0.3) is 0 Å². The van der Waals surface area contributed by atoms with E-state index in [1.807, 2.05) is 13.0 Å². The Kier molecular flexibility index (Phi) is 5.17. The first-order valence-electron chi connectivity index (χ1n) is 7.71. The molecular weight excluding hydrogens is 251 g/mol. The zero-order valence-electron chi connectivity index (χ0n) is 13.1. The van der Waals surface area contributed by atoms with Crippen LogP contribution in [0.3, 0.4) is 0 Å². The summed E-state index contributed by atoms with van der Waals surface area (Å²) in [4.78, 5) is 2.47. The van der Waals surface area contributed by atoms with Crippen LogP contribution in [0.4, 0.5) is 4.39 Å². The smallest absolute Gasteiger partial charge is 0.126 e. The van der Waals surface area contributed by atoms with Crippen LogP contribution in [0.1, 0.15) is 44.4 Å². The molecule has 1 aromatic carbocycles. The fourth-order valence-corrected chi connectivity index (χ4v) is 2.86. The minimum absolute atomic E-state index is 0.0911. The van der Waals surface area contributed by atoms with E-state index in [2.05, 4.69) is 37.1 Å². The Balaban J connectivity index is 1.93. The van der Waals surface area contributed by atoms with E-state index in [0.29, 0.717) is 12.1 Å². The second-order valence-corrected chi connectivity index (χ2v) is 6.40. The zero-order valence-corrected chi connectivity index (χ0v) is 13.1. The first-order chi connectivity index (χ1) is 9.47. The molecule has 2 nitrogen and oxygen atoms in total. The molecule has 0 bridgehead atoms. The normalized spacial score (nSPS) is 21.6. The molecule has 0 amide bonds. The first kappa shape index (κ1) is 15.5. The van der Waals surface area contributed by atoms with Gasteiger partial charge in [-0.15, -0.1) is 0 Å². The van der Waals surface area contributed by atoms with Crippen LogP contribution < -0.4 is 5.32 Å². The van der Waals surface area contributed by atoms with Crippen molar-refractivity contribution in [2.45, 2.75) is 46.2 Å². The SMILES string of the molecule is Cc1ccc(C(C)N2CCC(CNC(C)C)C2)cc1F. The van der Waals surface area contributed by atoms with Crippen LogP contribution in [0, 0.1) is 18.7 Å². The molecule has 2 unspecified atom stereocenters. The molecule has 1 heterocycles. The minimum atomic E-state index is -0.0911. The van der Waals surface area contributed by atoms with Crippen molar-refractivity contribution < 1.29 is 4.39 Å². The lowest BCUT2D eigenvalue weighted by molar-refractivity contribution is 0.250. The molecule has 20 heavy (non-hydrogen) atoms. The number of likely N-dealkylation sites (tertiary alicyclic amines) is 1. The van der Waals surface area contributed by atoms with Crippen molar-refractivity contribution >= 4 is 0 Å². The lowest BCUT2D eigenvalue weighted by Gasteiger charge is -2.25. The molecule has 112 valence electrons. The number of nitrogens with one attached hydrogen (secondary N) is 1. The van der Waals surface area contributed by atoms with Crippen molar-refractivity contribution in [1.29, 1.82) is 0 Å². The molecule has 0 radical (unpaired) electrons. The topological polar surface area (TPSA) is 15.3 Å². The molecule has 2 atom stereocenters. The Morgan fingerprint density at radius 2 is 2.10 bits per heavy atom. The first-order valence-corrected chi connectivity index (χ1v) is 7.71. The highest BCUT2D eigenvalue weighted by molar-refractivity contribution is 5.25. The molecule has 3 heteroatoms. The highest BCUT2D eigenvalue weighted by Crippen LogP contribution is 2.28. The Morgan fingerprint density at radius 3 is 2.75 bits per heavy atom. The summed E-state index contributed by atoms with van der Waals surface area (Å²) in [5.41, 5.74) is 1.81. The molecule has 1 saturated heterocycles. The summed E-state index contributed by atoms with van der Waals surface area (Å²) in [5, 5.41) is 3.52. The van der Waals surface area contributed by atoms with Crippen LogP contribution in [-0.2, 0) is 0 Å². The van der Waals surface area contributed by atoms with E-state index >= 15 is 0 Å². The molecule has 1 aromatic rings. The van der Waals surface area contributed by atoms with E-state index in [1.54, 1.807) is 6.07 Å². The second kappa shape index (κ2) is 6.68. The van der Waals surface area contributed by atoms with Crippen molar-refractivity contribution in [3.63, 3.8) is 0 Å². The van der Waals surface area contributed by atoms with Gasteiger partial charge in [0.05, 0.1) is 0 Å². The Labute approximate surface area is 122 Å². The largest absolute Gasteiger partial charge is 0.314 e. The Bertz CT molecular complexity index is 445. The lowest BCUT2D eigenvalue weighted by Crippen LogP contribution is -2.31. The minimum Gasteiger partial charge on any atom is -0.314 e. The van der Waals surface area contributed by atoms with E-state index < -0.39 is 0 Å². The Hall–Kier alpha value is -0.930. The van der Waals surface area contributed by atoms with Gasteiger partial charge in [-0.2, -0.15) is 0 Å². The average molecular weight is 278 g/mol. The molecule has 0 aromatic heterocycles. The molecule has 1 aliphatic heterocycles. The molecule has 1 fully saturated rings. The molecular formula is C17H27FN2. The third kappa shape index (κ3) is 3.80. The van der Waals surface area contributed by atoms with Gasteiger partial charge in [0.2, 0.25) is 0 Å². The van der Waals surface area contributed by atoms with E-state index in [4.69, 9.17) is 0 Å². The van der Waals surface area contributed by atoms with Gasteiger partial charge in [0.15, 0.2) is 0 Å². The number of nitrogens with zero attached hydrogens (tertiary/aromatic N) is 1. The van der Waals surface area contributed by atoms with Gasteiger partial charge in [0.1, 0.15) is 5.82 Å². The number of hydrogen-bond donors (Lipinski definition) is 1. The van der Waals surface area contributed by atoms with Crippen molar-refractivity contribution in [1.82, 2.24) is 10.2 Å². The van der Waals surface area contributed by atoms with Crippen molar-refractivity contribution in [2.24, 2.45) is 5.92 Å². The predicted molar refractivity (Wildman–Crippen MR) is 82.4 cm³/mol. The predicted octanol–water partition coefficient (Wildman–Crippen LogP) is 3.52. The third-order valence-corrected chi connectivity index (χ3v) is 4.36. The summed E-state index contributed by atoms with van der Waals surface area (Å²) >= 11 is 0. The van der Waals surface area contributed by atoms with Gasteiger partial charge in [-0.1, -0.05) is 26.0 Å². The summed E-state index contributed by atoms with van der Waals surface area (Å²) in [7, 11) is 0. The summed E-state index contributed by atoms with van der Waals surface area (Å²) in [5.74, 6) is 0.627. The molecule has 1 aliphatic rings. The second-order valence-electron chi connectivity index (χ2n) is 6.40. The number of aryl methyl sites for hydroxylation is 1. The number of benzene rings is 1. The van der Waals surface area contributed by atoms with Crippen LogP contribution in [0.5, 0.6) is 0 Å². The molecule has 0 saturated carbocycles. The van der Waals surface area contributed by atoms with Gasteiger partial charge in [-0.3, -0.25) is 4.90 Å². The van der Waals surface area contributed by atoms with E-state index in [1.165, 1.54) is 6.42 Å². The highest BCUT2D eigenvalue weighted by atomic mass is 19.1. The quantitative estimate of drug-likeness (QED) is 0.886. The van der Waals surface area contributed by atoms with E-state index in [9.17, 15) is 4.39 Å². The van der Waals surface area contributed by atoms with E-state index in [-0.39, 0.29) is 5.82 Å². The number of hydrogen-bond acceptors (Lipinski definition) is 2. The standard InChI is InChI=1S/C17H27FN2/c1-12(2)19-10-15-7-8-20(11-15)14(4)16-6-5-13(3)17(18)9-16/h5-6,9,12,14-15,19H,7-8,10-11H2,1-4H3. The van der Waals surface area contributed by atoms with Gasteiger partial charge in [-0.25, -0.2) is 4.39 Å². The summed E-state index contributed by atoms with van der Waals surface area (Å²) < 4.78 is 13.7. The maximum atomic E-state index is 13.7. The van der Waals surface area contributed by atoms with Crippen LogP contribution in [-0.4, -0.2) is 30.6 Å². The lowest BCUT2D eigenvalue weighted by atomic mass is 10.0. The highest BCUT2D eigenvalue weighted by Gasteiger charge is 2.26. The number of halogens is 1. The maximum Gasteiger partial charge on any atom is 0.126 e. The fraction of sp³-hybridized carbons (Fsp3) is 0.647. The van der Waals surface area contributed by atoms with Gasteiger partial charge in [-0.05, 0) is 56.5 Å². The van der Waals surface area contributed by atoms with Crippen LogP contribution >= 0.6 is 0 Å². The molecule has 0 aliphatic carbocycles. The van der Waals surface area contributed by atoms with Crippen molar-refractivity contribution in [3.8, 4) is 0 Å². The van der Waals surface area contributed by atoms with Crippen molar-refractivity contribution in [2.75, 3.05) is 19.6 Å². The van der Waals surface area contributed by atoms with Crippen LogP contribution in [0.2, 0.25) is 0 Å². The average Bonchev–Trinajstić information content (AvgIpc) is 2.87. The monoisotopic (exact) mass is 278 g/mol. The summed E-state index contributed by atoms with van der Waals surface area (Å²) in [6, 6.07) is 6.49. The van der Waals surface area contributed by atoms with Gasteiger partial charge in [0, 0.05) is 18.6 Å². The maximum absolute atomic E-state index is 13.7. The van der Waals surface area contributed by atoms with Gasteiger partial charge >= 0.3 is 0 Å². The third-order valence-electron chi connectivity index (χ3n) is 4.36. The Morgan fingerprint density at radius 1 is 1.35 bits per heavy atom. The number of rotatable bonds is 5. The summed E-state index contributed by atoms with van der Waals surface area (Å²) in [6.45, 7) is 11.7. The van der Waals surface area contributed by atoms with Crippen LogP contribution in [0.15, 0.2) is 18.2 Å². The summed E-state index contributed by atoms with van der Waals surface area (Å²) in [6.07, 6.45) is 1.23. The van der Waals surface area contributed by atoms with E-state index in [0.717, 1.165) is 36.7 Å². The molecule has 0 spiro atoms. The molecule has 1 N–H and O–H groups in total.